The summed E-state index contributed by atoms with van der Waals surface area (Å²) in [7, 11) is 0. The average molecular weight is 351 g/mol. The third-order valence-electron chi connectivity index (χ3n) is 3.96. The van der Waals surface area contributed by atoms with E-state index in [4.69, 9.17) is 0 Å². The first-order valence-corrected chi connectivity index (χ1v) is 9.17. The van der Waals surface area contributed by atoms with Gasteiger partial charge in [0.25, 0.3) is 0 Å². The van der Waals surface area contributed by atoms with Crippen molar-refractivity contribution in [3.05, 3.63) is 78.4 Å². The molecule has 4 nitrogen and oxygen atoms in total. The molecule has 0 fully saturated rings. The van der Waals surface area contributed by atoms with Crippen LogP contribution in [0, 0.1) is 6.92 Å². The van der Waals surface area contributed by atoms with Crippen molar-refractivity contribution in [3.8, 4) is 5.69 Å². The van der Waals surface area contributed by atoms with E-state index < -0.39 is 0 Å². The Morgan fingerprint density at radius 2 is 1.88 bits per heavy atom. The number of imidazole rings is 1. The number of nitrogens with zero attached hydrogens (tertiary/aromatic N) is 2. The highest BCUT2D eigenvalue weighted by Gasteiger charge is 2.10. The lowest BCUT2D eigenvalue weighted by Crippen LogP contribution is -2.28. The largest absolute Gasteiger partial charge is 0.349 e. The Morgan fingerprint density at radius 1 is 1.16 bits per heavy atom. The minimum absolute atomic E-state index is 0.0250. The fraction of sp³-hybridized carbons (Fsp3) is 0.200. The van der Waals surface area contributed by atoms with Gasteiger partial charge in [-0.3, -0.25) is 4.79 Å². The number of amides is 1. The molecule has 1 heterocycles. The van der Waals surface area contributed by atoms with E-state index >= 15 is 0 Å². The lowest BCUT2D eigenvalue weighted by molar-refractivity contribution is -0.119. The molecule has 1 atom stereocenters. The van der Waals surface area contributed by atoms with Crippen LogP contribution in [0.15, 0.2) is 72.1 Å². The maximum absolute atomic E-state index is 12.2. The molecule has 3 aromatic rings. The van der Waals surface area contributed by atoms with Gasteiger partial charge in [0.15, 0.2) is 0 Å². The standard InChI is InChI=1S/C20H21N3OS/c1-15-3-9-19(10-4-15)25-13-20(24)22-16(2)17-5-7-18(8-6-17)23-12-11-21-14-23/h3-12,14,16H,13H2,1-2H3,(H,22,24). The quantitative estimate of drug-likeness (QED) is 0.679. The maximum atomic E-state index is 12.2. The Kier molecular flexibility index (Phi) is 5.56. The molecule has 2 aromatic carbocycles. The number of aryl methyl sites for hydroxylation is 1. The summed E-state index contributed by atoms with van der Waals surface area (Å²) in [6.45, 7) is 4.06. The first-order chi connectivity index (χ1) is 12.1. The molecule has 3 rings (SSSR count). The number of aromatic nitrogens is 2. The van der Waals surface area contributed by atoms with Gasteiger partial charge in [-0.05, 0) is 43.7 Å². The normalized spacial score (nSPS) is 11.9. The Labute approximate surface area is 152 Å². The zero-order valence-corrected chi connectivity index (χ0v) is 15.2. The van der Waals surface area contributed by atoms with Gasteiger partial charge in [-0.25, -0.2) is 4.98 Å². The summed E-state index contributed by atoms with van der Waals surface area (Å²) in [6, 6.07) is 16.3. The van der Waals surface area contributed by atoms with Crippen LogP contribution in [0.2, 0.25) is 0 Å². The number of rotatable bonds is 6. The van der Waals surface area contributed by atoms with Crippen molar-refractivity contribution in [1.82, 2.24) is 14.9 Å². The van der Waals surface area contributed by atoms with E-state index in [2.05, 4.69) is 29.4 Å². The van der Waals surface area contributed by atoms with E-state index in [9.17, 15) is 4.79 Å². The molecule has 128 valence electrons. The number of hydrogen-bond acceptors (Lipinski definition) is 3. The molecule has 0 spiro atoms. The molecule has 0 aliphatic carbocycles. The summed E-state index contributed by atoms with van der Waals surface area (Å²) in [5, 5.41) is 3.05. The highest BCUT2D eigenvalue weighted by Crippen LogP contribution is 2.19. The summed E-state index contributed by atoms with van der Waals surface area (Å²) in [5.41, 5.74) is 3.36. The first kappa shape index (κ1) is 17.3. The van der Waals surface area contributed by atoms with Gasteiger partial charge in [0.2, 0.25) is 5.91 Å². The smallest absolute Gasteiger partial charge is 0.230 e. The van der Waals surface area contributed by atoms with E-state index in [1.54, 1.807) is 24.3 Å². The SMILES string of the molecule is Cc1ccc(SCC(=O)NC(C)c2ccc(-n3ccnc3)cc2)cc1. The zero-order chi connectivity index (χ0) is 17.6. The van der Waals surface area contributed by atoms with Crippen molar-refractivity contribution in [2.24, 2.45) is 0 Å². The molecule has 1 amide bonds. The van der Waals surface area contributed by atoms with Gasteiger partial charge in [0.1, 0.15) is 0 Å². The minimum atomic E-state index is -0.0250. The molecule has 1 aromatic heterocycles. The first-order valence-electron chi connectivity index (χ1n) is 8.19. The Balaban J connectivity index is 1.53. The van der Waals surface area contributed by atoms with Crippen LogP contribution in [-0.4, -0.2) is 21.2 Å². The van der Waals surface area contributed by atoms with Crippen molar-refractivity contribution >= 4 is 17.7 Å². The molecular weight excluding hydrogens is 330 g/mol. The van der Waals surface area contributed by atoms with E-state index in [-0.39, 0.29) is 11.9 Å². The van der Waals surface area contributed by atoms with E-state index in [1.165, 1.54) is 5.56 Å². The highest BCUT2D eigenvalue weighted by atomic mass is 32.2. The van der Waals surface area contributed by atoms with Gasteiger partial charge in [-0.1, -0.05) is 29.8 Å². The predicted molar refractivity (Wildman–Crippen MR) is 102 cm³/mol. The molecule has 25 heavy (non-hydrogen) atoms. The number of carbonyl (C=O) groups is 1. The topological polar surface area (TPSA) is 46.9 Å². The Morgan fingerprint density at radius 3 is 2.52 bits per heavy atom. The summed E-state index contributed by atoms with van der Waals surface area (Å²) in [6.07, 6.45) is 5.42. The molecule has 0 saturated heterocycles. The van der Waals surface area contributed by atoms with Gasteiger partial charge in [0.05, 0.1) is 18.1 Å². The van der Waals surface area contributed by atoms with Crippen LogP contribution in [0.25, 0.3) is 5.69 Å². The molecule has 1 unspecified atom stereocenters. The minimum Gasteiger partial charge on any atom is -0.349 e. The lowest BCUT2D eigenvalue weighted by Gasteiger charge is -2.15. The molecule has 0 aliphatic heterocycles. The van der Waals surface area contributed by atoms with Crippen LogP contribution in [0.3, 0.4) is 0 Å². The molecule has 1 N–H and O–H groups in total. The highest BCUT2D eigenvalue weighted by molar-refractivity contribution is 8.00. The maximum Gasteiger partial charge on any atom is 0.230 e. The number of carbonyl (C=O) groups excluding carboxylic acids is 1. The van der Waals surface area contributed by atoms with Crippen LogP contribution in [0.5, 0.6) is 0 Å². The third-order valence-corrected chi connectivity index (χ3v) is 4.98. The molecule has 0 saturated carbocycles. The predicted octanol–water partition coefficient (Wildman–Crippen LogP) is 4.15. The van der Waals surface area contributed by atoms with Crippen LogP contribution in [0.4, 0.5) is 0 Å². The second-order valence-electron chi connectivity index (χ2n) is 5.95. The molecule has 0 bridgehead atoms. The van der Waals surface area contributed by atoms with Crippen molar-refractivity contribution in [3.63, 3.8) is 0 Å². The van der Waals surface area contributed by atoms with E-state index in [0.29, 0.717) is 5.75 Å². The van der Waals surface area contributed by atoms with Gasteiger partial charge in [-0.15, -0.1) is 11.8 Å². The fourth-order valence-electron chi connectivity index (χ4n) is 2.50. The summed E-state index contributed by atoms with van der Waals surface area (Å²) < 4.78 is 1.95. The third kappa shape index (κ3) is 4.73. The van der Waals surface area contributed by atoms with Gasteiger partial charge >= 0.3 is 0 Å². The van der Waals surface area contributed by atoms with Gasteiger partial charge in [-0.2, -0.15) is 0 Å². The average Bonchev–Trinajstić information content (AvgIpc) is 3.16. The van der Waals surface area contributed by atoms with Crippen LogP contribution >= 0.6 is 11.8 Å². The molecule has 5 heteroatoms. The van der Waals surface area contributed by atoms with Crippen molar-refractivity contribution in [1.29, 1.82) is 0 Å². The Hall–Kier alpha value is -2.53. The molecule has 0 aliphatic rings. The zero-order valence-electron chi connectivity index (χ0n) is 14.3. The summed E-state index contributed by atoms with van der Waals surface area (Å²) in [5.74, 6) is 0.456. The lowest BCUT2D eigenvalue weighted by atomic mass is 10.1. The number of nitrogens with one attached hydrogen (secondary N) is 1. The van der Waals surface area contributed by atoms with Crippen LogP contribution in [0.1, 0.15) is 24.1 Å². The van der Waals surface area contributed by atoms with Crippen LogP contribution < -0.4 is 5.32 Å². The number of thioether (sulfide) groups is 1. The van der Waals surface area contributed by atoms with Crippen molar-refractivity contribution < 1.29 is 4.79 Å². The van der Waals surface area contributed by atoms with Crippen molar-refractivity contribution in [2.75, 3.05) is 5.75 Å². The van der Waals surface area contributed by atoms with Crippen LogP contribution in [-0.2, 0) is 4.79 Å². The van der Waals surface area contributed by atoms with Gasteiger partial charge in [0, 0.05) is 23.0 Å². The second kappa shape index (κ2) is 8.03. The molecule has 0 radical (unpaired) electrons. The molecular formula is C20H21N3OS. The summed E-state index contributed by atoms with van der Waals surface area (Å²) in [4.78, 5) is 17.3. The van der Waals surface area contributed by atoms with Crippen molar-refractivity contribution in [2.45, 2.75) is 24.8 Å². The number of benzene rings is 2. The monoisotopic (exact) mass is 351 g/mol. The second-order valence-corrected chi connectivity index (χ2v) is 7.00. The fourth-order valence-corrected chi connectivity index (χ4v) is 3.21. The van der Waals surface area contributed by atoms with Gasteiger partial charge < -0.3 is 9.88 Å². The van der Waals surface area contributed by atoms with E-state index in [1.807, 2.05) is 54.1 Å². The number of hydrogen-bond donors (Lipinski definition) is 1. The van der Waals surface area contributed by atoms with E-state index in [0.717, 1.165) is 16.1 Å². The Bertz CT molecular complexity index is 811. The summed E-state index contributed by atoms with van der Waals surface area (Å²) >= 11 is 1.55.